The minimum atomic E-state index is 0.0402. The van der Waals surface area contributed by atoms with Crippen LogP contribution in [0.2, 0.25) is 0 Å². The van der Waals surface area contributed by atoms with Gasteiger partial charge >= 0.3 is 0 Å². The van der Waals surface area contributed by atoms with Crippen molar-refractivity contribution in [2.75, 3.05) is 5.32 Å². The van der Waals surface area contributed by atoms with E-state index in [0.717, 1.165) is 45.5 Å². The molecule has 0 saturated carbocycles. The quantitative estimate of drug-likeness (QED) is 0.558. The molecule has 5 rings (SSSR count). The van der Waals surface area contributed by atoms with Crippen LogP contribution in [0, 0.1) is 0 Å². The lowest BCUT2D eigenvalue weighted by atomic mass is 9.97. The van der Waals surface area contributed by atoms with Crippen molar-refractivity contribution in [3.05, 3.63) is 89.7 Å². The summed E-state index contributed by atoms with van der Waals surface area (Å²) in [4.78, 5) is 11.7. The summed E-state index contributed by atoms with van der Waals surface area (Å²) in [5, 5.41) is 3.98. The molecule has 0 spiro atoms. The predicted molar refractivity (Wildman–Crippen MR) is 103 cm³/mol. The molecule has 0 aliphatic carbocycles. The normalized spacial score (nSPS) is 13.0. The Balaban J connectivity index is 1.72. The van der Waals surface area contributed by atoms with Crippen LogP contribution in [0.15, 0.2) is 77.2 Å². The molecule has 1 amide bonds. The van der Waals surface area contributed by atoms with Crippen LogP contribution in [-0.4, -0.2) is 5.91 Å². The Morgan fingerprint density at radius 2 is 1.65 bits per heavy atom. The Morgan fingerprint density at radius 3 is 2.42 bits per heavy atom. The SMILES string of the molecule is O=C1Cc2cc3c(-c4ccccc4)c(Cc4ccccc4)oc3cc2N1. The van der Waals surface area contributed by atoms with Gasteiger partial charge in [0.15, 0.2) is 0 Å². The number of furan rings is 1. The van der Waals surface area contributed by atoms with E-state index in [1.807, 2.05) is 42.5 Å². The number of rotatable bonds is 3. The summed E-state index contributed by atoms with van der Waals surface area (Å²) in [5.41, 5.74) is 6.18. The van der Waals surface area contributed by atoms with Crippen LogP contribution in [0.4, 0.5) is 5.69 Å². The molecule has 4 aromatic rings. The average molecular weight is 339 g/mol. The summed E-state index contributed by atoms with van der Waals surface area (Å²) in [6.45, 7) is 0. The fraction of sp³-hybridized carbons (Fsp3) is 0.0870. The molecular weight excluding hydrogens is 322 g/mol. The highest BCUT2D eigenvalue weighted by Crippen LogP contribution is 2.39. The second kappa shape index (κ2) is 5.88. The Morgan fingerprint density at radius 1 is 0.923 bits per heavy atom. The molecule has 3 heteroatoms. The summed E-state index contributed by atoms with van der Waals surface area (Å²) >= 11 is 0. The van der Waals surface area contributed by atoms with Crippen molar-refractivity contribution in [1.82, 2.24) is 0 Å². The standard InChI is InChI=1S/C23H17NO2/c25-22-13-17-12-18-20(14-19(17)24-22)26-21(11-15-7-3-1-4-8-15)23(18)16-9-5-2-6-10-16/h1-10,12,14H,11,13H2,(H,24,25). The largest absolute Gasteiger partial charge is 0.460 e. The van der Waals surface area contributed by atoms with Gasteiger partial charge in [-0.2, -0.15) is 0 Å². The van der Waals surface area contributed by atoms with Crippen LogP contribution < -0.4 is 5.32 Å². The number of carbonyl (C=O) groups excluding carboxylic acids is 1. The minimum Gasteiger partial charge on any atom is -0.460 e. The number of nitrogens with one attached hydrogen (secondary N) is 1. The second-order valence-corrected chi connectivity index (χ2v) is 6.66. The first kappa shape index (κ1) is 15.0. The number of benzene rings is 3. The molecule has 0 saturated heterocycles. The number of anilines is 1. The van der Waals surface area contributed by atoms with Crippen molar-refractivity contribution < 1.29 is 9.21 Å². The predicted octanol–water partition coefficient (Wildman–Crippen LogP) is 5.19. The summed E-state index contributed by atoms with van der Waals surface area (Å²) in [5.74, 6) is 0.992. The fourth-order valence-electron chi connectivity index (χ4n) is 3.70. The van der Waals surface area contributed by atoms with E-state index < -0.39 is 0 Å². The molecule has 2 heterocycles. The Labute approximate surface area is 151 Å². The van der Waals surface area contributed by atoms with Gasteiger partial charge in [0.2, 0.25) is 5.91 Å². The molecule has 3 nitrogen and oxygen atoms in total. The van der Waals surface area contributed by atoms with Gasteiger partial charge in [-0.15, -0.1) is 0 Å². The van der Waals surface area contributed by atoms with Gasteiger partial charge < -0.3 is 9.73 Å². The zero-order valence-corrected chi connectivity index (χ0v) is 14.2. The monoisotopic (exact) mass is 339 g/mol. The molecule has 0 unspecified atom stereocenters. The summed E-state index contributed by atoms with van der Waals surface area (Å²) in [7, 11) is 0. The first-order valence-electron chi connectivity index (χ1n) is 8.75. The molecule has 1 aliphatic rings. The molecule has 126 valence electrons. The van der Waals surface area contributed by atoms with Crippen molar-refractivity contribution >= 4 is 22.6 Å². The van der Waals surface area contributed by atoms with Crippen LogP contribution >= 0.6 is 0 Å². The van der Waals surface area contributed by atoms with E-state index in [1.165, 1.54) is 5.56 Å². The number of amides is 1. The van der Waals surface area contributed by atoms with E-state index in [4.69, 9.17) is 4.42 Å². The molecule has 0 radical (unpaired) electrons. The van der Waals surface area contributed by atoms with Crippen LogP contribution in [-0.2, 0) is 17.6 Å². The minimum absolute atomic E-state index is 0.0402. The topological polar surface area (TPSA) is 42.2 Å². The van der Waals surface area contributed by atoms with Gasteiger partial charge in [0.05, 0.1) is 6.42 Å². The third-order valence-electron chi connectivity index (χ3n) is 4.88. The number of carbonyl (C=O) groups is 1. The molecule has 1 aromatic heterocycles. The second-order valence-electron chi connectivity index (χ2n) is 6.66. The number of hydrogen-bond donors (Lipinski definition) is 1. The highest BCUT2D eigenvalue weighted by molar-refractivity contribution is 6.05. The van der Waals surface area contributed by atoms with Crippen LogP contribution in [0.25, 0.3) is 22.1 Å². The molecular formula is C23H17NO2. The molecule has 0 bridgehead atoms. The van der Waals surface area contributed by atoms with E-state index in [9.17, 15) is 4.79 Å². The third-order valence-corrected chi connectivity index (χ3v) is 4.88. The van der Waals surface area contributed by atoms with Gasteiger partial charge in [0.25, 0.3) is 0 Å². The van der Waals surface area contributed by atoms with Gasteiger partial charge in [-0.3, -0.25) is 4.79 Å². The van der Waals surface area contributed by atoms with Crippen molar-refractivity contribution in [2.24, 2.45) is 0 Å². The summed E-state index contributed by atoms with van der Waals surface area (Å²) in [6.07, 6.45) is 1.16. The molecule has 1 N–H and O–H groups in total. The van der Waals surface area contributed by atoms with E-state index >= 15 is 0 Å². The Kier molecular flexibility index (Phi) is 3.39. The molecule has 26 heavy (non-hydrogen) atoms. The average Bonchev–Trinajstić information content (AvgIpc) is 3.19. The zero-order chi connectivity index (χ0) is 17.5. The van der Waals surface area contributed by atoms with Crippen molar-refractivity contribution in [1.29, 1.82) is 0 Å². The zero-order valence-electron chi connectivity index (χ0n) is 14.2. The molecule has 3 aromatic carbocycles. The van der Waals surface area contributed by atoms with E-state index in [0.29, 0.717) is 6.42 Å². The van der Waals surface area contributed by atoms with Gasteiger partial charge in [-0.05, 0) is 22.8 Å². The van der Waals surface area contributed by atoms with E-state index in [2.05, 4.69) is 35.6 Å². The van der Waals surface area contributed by atoms with Crippen molar-refractivity contribution in [3.8, 4) is 11.1 Å². The van der Waals surface area contributed by atoms with Gasteiger partial charge in [-0.1, -0.05) is 60.7 Å². The molecule has 0 fully saturated rings. The van der Waals surface area contributed by atoms with Gasteiger partial charge in [0, 0.05) is 29.1 Å². The number of fused-ring (bicyclic) bond motifs is 2. The summed E-state index contributed by atoms with van der Waals surface area (Å²) < 4.78 is 6.27. The van der Waals surface area contributed by atoms with Crippen LogP contribution in [0.3, 0.4) is 0 Å². The molecule has 1 aliphatic heterocycles. The van der Waals surface area contributed by atoms with Crippen molar-refractivity contribution in [2.45, 2.75) is 12.8 Å². The number of hydrogen-bond acceptors (Lipinski definition) is 2. The Bertz CT molecular complexity index is 1110. The Hall–Kier alpha value is -3.33. The highest BCUT2D eigenvalue weighted by Gasteiger charge is 2.23. The van der Waals surface area contributed by atoms with Gasteiger partial charge in [-0.25, -0.2) is 0 Å². The first-order chi connectivity index (χ1) is 12.8. The van der Waals surface area contributed by atoms with Gasteiger partial charge in [0.1, 0.15) is 11.3 Å². The van der Waals surface area contributed by atoms with Crippen molar-refractivity contribution in [3.63, 3.8) is 0 Å². The van der Waals surface area contributed by atoms with E-state index in [1.54, 1.807) is 0 Å². The first-order valence-corrected chi connectivity index (χ1v) is 8.75. The summed E-state index contributed by atoms with van der Waals surface area (Å²) in [6, 6.07) is 24.7. The van der Waals surface area contributed by atoms with E-state index in [-0.39, 0.29) is 5.91 Å². The maximum Gasteiger partial charge on any atom is 0.228 e. The maximum atomic E-state index is 11.7. The lowest BCUT2D eigenvalue weighted by molar-refractivity contribution is -0.115. The molecule has 0 atom stereocenters. The highest BCUT2D eigenvalue weighted by atomic mass is 16.3. The maximum absolute atomic E-state index is 11.7. The van der Waals surface area contributed by atoms with Crippen LogP contribution in [0.1, 0.15) is 16.9 Å². The lowest BCUT2D eigenvalue weighted by Gasteiger charge is -2.04. The smallest absolute Gasteiger partial charge is 0.228 e. The lowest BCUT2D eigenvalue weighted by Crippen LogP contribution is -2.03. The third kappa shape index (κ3) is 2.49. The fourth-order valence-corrected chi connectivity index (χ4v) is 3.70. The van der Waals surface area contributed by atoms with Crippen LogP contribution in [0.5, 0.6) is 0 Å².